The lowest BCUT2D eigenvalue weighted by Crippen LogP contribution is -2.41. The summed E-state index contributed by atoms with van der Waals surface area (Å²) >= 11 is 0. The molecule has 1 amide bonds. The minimum absolute atomic E-state index is 0.186. The van der Waals surface area contributed by atoms with Crippen molar-refractivity contribution in [2.24, 2.45) is 13.0 Å². The Morgan fingerprint density at radius 3 is 2.65 bits per heavy atom. The van der Waals surface area contributed by atoms with Gasteiger partial charge in [-0.15, -0.1) is 0 Å². The van der Waals surface area contributed by atoms with E-state index in [0.717, 1.165) is 18.5 Å². The third-order valence-electron chi connectivity index (χ3n) is 4.72. The molecule has 0 spiro atoms. The van der Waals surface area contributed by atoms with Gasteiger partial charge in [-0.1, -0.05) is 19.8 Å². The molecule has 2 unspecified atom stereocenters. The van der Waals surface area contributed by atoms with Crippen LogP contribution in [-0.4, -0.2) is 21.7 Å². The van der Waals surface area contributed by atoms with Crippen LogP contribution < -0.4 is 5.32 Å². The number of nitrogens with one attached hydrogen (secondary N) is 1. The molecule has 2 rings (SSSR count). The summed E-state index contributed by atoms with van der Waals surface area (Å²) in [6.45, 7) is 6.33. The zero-order chi connectivity index (χ0) is 14.7. The predicted octanol–water partition coefficient (Wildman–Crippen LogP) is 2.66. The van der Waals surface area contributed by atoms with Gasteiger partial charge in [-0.25, -0.2) is 0 Å². The monoisotopic (exact) mass is 277 g/mol. The summed E-state index contributed by atoms with van der Waals surface area (Å²) in [6, 6.07) is 0.382. The van der Waals surface area contributed by atoms with Gasteiger partial charge in [-0.2, -0.15) is 5.10 Å². The van der Waals surface area contributed by atoms with E-state index in [4.69, 9.17) is 0 Å². The van der Waals surface area contributed by atoms with Crippen LogP contribution in [0.3, 0.4) is 0 Å². The Hall–Kier alpha value is -1.32. The van der Waals surface area contributed by atoms with Gasteiger partial charge in [0.15, 0.2) is 0 Å². The van der Waals surface area contributed by atoms with Gasteiger partial charge in [-0.3, -0.25) is 9.48 Å². The molecule has 1 aliphatic rings. The first-order valence-corrected chi connectivity index (χ1v) is 7.77. The molecule has 0 bridgehead atoms. The summed E-state index contributed by atoms with van der Waals surface area (Å²) in [4.78, 5) is 12.1. The lowest BCUT2D eigenvalue weighted by molar-refractivity contribution is -0.122. The zero-order valence-corrected chi connectivity index (χ0v) is 13.2. The van der Waals surface area contributed by atoms with E-state index in [0.29, 0.717) is 18.4 Å². The molecule has 1 aromatic heterocycles. The van der Waals surface area contributed by atoms with E-state index in [-0.39, 0.29) is 5.91 Å². The zero-order valence-electron chi connectivity index (χ0n) is 13.2. The number of hydrogen-bond acceptors (Lipinski definition) is 2. The van der Waals surface area contributed by atoms with Gasteiger partial charge in [0.2, 0.25) is 5.91 Å². The molecule has 0 aromatic carbocycles. The number of hydrogen-bond donors (Lipinski definition) is 1. The van der Waals surface area contributed by atoms with Crippen LogP contribution in [0.2, 0.25) is 0 Å². The largest absolute Gasteiger partial charge is 0.353 e. The summed E-state index contributed by atoms with van der Waals surface area (Å²) < 4.78 is 1.89. The van der Waals surface area contributed by atoms with Crippen LogP contribution in [0.15, 0.2) is 0 Å². The number of carbonyl (C=O) groups is 1. The second-order valence-corrected chi connectivity index (χ2v) is 6.21. The van der Waals surface area contributed by atoms with E-state index in [2.05, 4.69) is 24.3 Å². The van der Waals surface area contributed by atoms with Gasteiger partial charge < -0.3 is 5.32 Å². The van der Waals surface area contributed by atoms with E-state index in [9.17, 15) is 4.79 Å². The first-order valence-electron chi connectivity index (χ1n) is 7.77. The fourth-order valence-electron chi connectivity index (χ4n) is 3.23. The molecule has 1 N–H and O–H groups in total. The number of nitrogens with zero attached hydrogens (tertiary/aromatic N) is 2. The van der Waals surface area contributed by atoms with Crippen LogP contribution in [0.25, 0.3) is 0 Å². The molecule has 0 radical (unpaired) electrons. The highest BCUT2D eigenvalue weighted by atomic mass is 16.1. The second-order valence-electron chi connectivity index (χ2n) is 6.21. The van der Waals surface area contributed by atoms with Crippen molar-refractivity contribution in [3.63, 3.8) is 0 Å². The lowest BCUT2D eigenvalue weighted by Gasteiger charge is -2.29. The molecule has 0 saturated heterocycles. The van der Waals surface area contributed by atoms with E-state index in [1.54, 1.807) is 0 Å². The van der Waals surface area contributed by atoms with Crippen molar-refractivity contribution in [1.29, 1.82) is 0 Å². The van der Waals surface area contributed by atoms with Crippen molar-refractivity contribution in [2.45, 2.75) is 65.3 Å². The van der Waals surface area contributed by atoms with Gasteiger partial charge in [0.1, 0.15) is 0 Å². The highest BCUT2D eigenvalue weighted by Gasteiger charge is 2.22. The fraction of sp³-hybridized carbons (Fsp3) is 0.750. The Morgan fingerprint density at radius 1 is 1.35 bits per heavy atom. The standard InChI is InChI=1S/C16H27N3O/c1-11-7-5-6-8-15(11)17-16(20)10-9-14-12(2)18-19(4)13(14)3/h11,15H,5-10H2,1-4H3,(H,17,20). The minimum atomic E-state index is 0.186. The number of rotatable bonds is 4. The van der Waals surface area contributed by atoms with Gasteiger partial charge in [-0.05, 0) is 44.6 Å². The average molecular weight is 277 g/mol. The molecular formula is C16H27N3O. The number of amides is 1. The molecule has 1 heterocycles. The maximum atomic E-state index is 12.1. The highest BCUT2D eigenvalue weighted by Crippen LogP contribution is 2.24. The Morgan fingerprint density at radius 2 is 2.05 bits per heavy atom. The van der Waals surface area contributed by atoms with Gasteiger partial charge >= 0.3 is 0 Å². The van der Waals surface area contributed by atoms with E-state index in [1.165, 1.54) is 30.5 Å². The molecular weight excluding hydrogens is 250 g/mol. The van der Waals surface area contributed by atoms with Crippen LogP contribution in [0, 0.1) is 19.8 Å². The quantitative estimate of drug-likeness (QED) is 0.919. The lowest BCUT2D eigenvalue weighted by atomic mass is 9.86. The van der Waals surface area contributed by atoms with E-state index >= 15 is 0 Å². The smallest absolute Gasteiger partial charge is 0.220 e. The fourth-order valence-corrected chi connectivity index (χ4v) is 3.23. The summed E-state index contributed by atoms with van der Waals surface area (Å²) in [7, 11) is 1.95. The van der Waals surface area contributed by atoms with Crippen molar-refractivity contribution in [3.8, 4) is 0 Å². The third-order valence-corrected chi connectivity index (χ3v) is 4.72. The van der Waals surface area contributed by atoms with Crippen LogP contribution in [0.5, 0.6) is 0 Å². The second kappa shape index (κ2) is 6.42. The van der Waals surface area contributed by atoms with E-state index in [1.807, 2.05) is 18.7 Å². The van der Waals surface area contributed by atoms with Crippen molar-refractivity contribution >= 4 is 5.91 Å². The molecule has 2 atom stereocenters. The summed E-state index contributed by atoms with van der Waals surface area (Å²) in [5, 5.41) is 7.62. The SMILES string of the molecule is Cc1nn(C)c(C)c1CCC(=O)NC1CCCCC1C. The van der Waals surface area contributed by atoms with Crippen LogP contribution in [-0.2, 0) is 18.3 Å². The normalized spacial score (nSPS) is 22.8. The van der Waals surface area contributed by atoms with Gasteiger partial charge in [0.05, 0.1) is 5.69 Å². The van der Waals surface area contributed by atoms with Crippen LogP contribution in [0.1, 0.15) is 56.0 Å². The first-order chi connectivity index (χ1) is 9.49. The molecule has 1 aromatic rings. The first kappa shape index (κ1) is 15.1. The van der Waals surface area contributed by atoms with Crippen molar-refractivity contribution in [3.05, 3.63) is 17.0 Å². The molecule has 1 saturated carbocycles. The molecule has 112 valence electrons. The average Bonchev–Trinajstić information content (AvgIpc) is 2.64. The maximum absolute atomic E-state index is 12.1. The van der Waals surface area contributed by atoms with E-state index < -0.39 is 0 Å². The van der Waals surface area contributed by atoms with Crippen LogP contribution >= 0.6 is 0 Å². The molecule has 1 aliphatic carbocycles. The van der Waals surface area contributed by atoms with Gasteiger partial charge in [0.25, 0.3) is 0 Å². The predicted molar refractivity (Wildman–Crippen MR) is 80.6 cm³/mol. The molecule has 4 nitrogen and oxygen atoms in total. The van der Waals surface area contributed by atoms with Gasteiger partial charge in [0, 0.05) is 25.2 Å². The molecule has 1 fully saturated rings. The number of aryl methyl sites for hydroxylation is 2. The van der Waals surface area contributed by atoms with Crippen molar-refractivity contribution in [2.75, 3.05) is 0 Å². The number of carbonyl (C=O) groups excluding carboxylic acids is 1. The summed E-state index contributed by atoms with van der Waals surface area (Å²) in [5.74, 6) is 0.806. The number of aromatic nitrogens is 2. The van der Waals surface area contributed by atoms with Crippen molar-refractivity contribution in [1.82, 2.24) is 15.1 Å². The Bertz CT molecular complexity index is 478. The Balaban J connectivity index is 1.86. The minimum Gasteiger partial charge on any atom is -0.353 e. The topological polar surface area (TPSA) is 46.9 Å². The Labute approximate surface area is 121 Å². The maximum Gasteiger partial charge on any atom is 0.220 e. The van der Waals surface area contributed by atoms with Crippen LogP contribution in [0.4, 0.5) is 0 Å². The molecule has 0 aliphatic heterocycles. The molecule has 4 heteroatoms. The van der Waals surface area contributed by atoms with Crippen molar-refractivity contribution < 1.29 is 4.79 Å². The highest BCUT2D eigenvalue weighted by molar-refractivity contribution is 5.76. The third kappa shape index (κ3) is 3.41. The Kier molecular flexibility index (Phi) is 4.84. The summed E-state index contributed by atoms with van der Waals surface area (Å²) in [6.07, 6.45) is 6.29. The summed E-state index contributed by atoms with van der Waals surface area (Å²) in [5.41, 5.74) is 3.43. The molecule has 20 heavy (non-hydrogen) atoms.